The van der Waals surface area contributed by atoms with Crippen molar-refractivity contribution in [2.45, 2.75) is 51.2 Å². The molecule has 7 heteroatoms. The first kappa shape index (κ1) is 20.0. The molecule has 1 aromatic carbocycles. The summed E-state index contributed by atoms with van der Waals surface area (Å²) >= 11 is 1.29. The molecule has 0 aliphatic rings. The molecule has 0 spiro atoms. The molecule has 6 nitrogen and oxygen atoms in total. The van der Waals surface area contributed by atoms with Gasteiger partial charge in [-0.05, 0) is 44.4 Å². The van der Waals surface area contributed by atoms with E-state index in [0.29, 0.717) is 11.1 Å². The van der Waals surface area contributed by atoms with Gasteiger partial charge in [0.1, 0.15) is 0 Å². The largest absolute Gasteiger partial charge is 0.333 e. The van der Waals surface area contributed by atoms with E-state index in [9.17, 15) is 9.59 Å². The van der Waals surface area contributed by atoms with Crippen molar-refractivity contribution < 1.29 is 9.59 Å². The summed E-state index contributed by atoms with van der Waals surface area (Å²) in [5, 5.41) is 5.73. The van der Waals surface area contributed by atoms with Crippen molar-refractivity contribution in [2.24, 2.45) is 0 Å². The van der Waals surface area contributed by atoms with E-state index in [1.807, 2.05) is 43.7 Å². The number of imide groups is 1. The maximum atomic E-state index is 12.0. The van der Waals surface area contributed by atoms with Crippen molar-refractivity contribution in [2.75, 3.05) is 5.75 Å². The summed E-state index contributed by atoms with van der Waals surface area (Å²) in [6.45, 7) is 9.87. The van der Waals surface area contributed by atoms with Crippen LogP contribution in [0.25, 0.3) is 5.69 Å². The first-order valence-corrected chi connectivity index (χ1v) is 9.53. The number of hydrogen-bond acceptors (Lipinski definition) is 4. The molecule has 0 unspecified atom stereocenters. The van der Waals surface area contributed by atoms with Crippen molar-refractivity contribution in [3.05, 3.63) is 42.2 Å². The number of nitrogens with zero attached hydrogens (tertiary/aromatic N) is 2. The zero-order valence-corrected chi connectivity index (χ0v) is 16.7. The molecule has 1 aromatic heterocycles. The highest BCUT2D eigenvalue weighted by Crippen LogP contribution is 2.22. The molecule has 3 amide bonds. The van der Waals surface area contributed by atoms with Crippen LogP contribution in [-0.2, 0) is 4.79 Å². The van der Waals surface area contributed by atoms with Gasteiger partial charge in [-0.1, -0.05) is 37.7 Å². The molecule has 2 N–H and O–H groups in total. The molecule has 140 valence electrons. The van der Waals surface area contributed by atoms with Gasteiger partial charge >= 0.3 is 6.03 Å². The number of thioether (sulfide) groups is 1. The molecule has 0 bridgehead atoms. The highest BCUT2D eigenvalue weighted by molar-refractivity contribution is 7.99. The van der Waals surface area contributed by atoms with Crippen LogP contribution in [0.5, 0.6) is 0 Å². The number of benzene rings is 1. The molecular formula is C19H26N4O2S. The molecule has 0 radical (unpaired) electrons. The van der Waals surface area contributed by atoms with Crippen molar-refractivity contribution in [3.8, 4) is 5.69 Å². The topological polar surface area (TPSA) is 76.0 Å². The van der Waals surface area contributed by atoms with Gasteiger partial charge in [-0.2, -0.15) is 0 Å². The third-order valence-corrected chi connectivity index (χ3v) is 4.49. The lowest BCUT2D eigenvalue weighted by Crippen LogP contribution is -2.48. The van der Waals surface area contributed by atoms with E-state index in [2.05, 4.69) is 41.6 Å². The minimum atomic E-state index is -0.490. The molecule has 0 aliphatic heterocycles. The van der Waals surface area contributed by atoms with Crippen molar-refractivity contribution in [3.63, 3.8) is 0 Å². The fourth-order valence-electron chi connectivity index (χ4n) is 2.28. The van der Waals surface area contributed by atoms with Crippen molar-refractivity contribution in [1.82, 2.24) is 20.2 Å². The molecule has 2 aromatic rings. The number of urea groups is 1. The lowest BCUT2D eigenvalue weighted by molar-refractivity contribution is -0.117. The van der Waals surface area contributed by atoms with E-state index in [0.717, 1.165) is 5.69 Å². The molecule has 0 fully saturated rings. The average molecular weight is 375 g/mol. The highest BCUT2D eigenvalue weighted by Gasteiger charge is 2.16. The van der Waals surface area contributed by atoms with E-state index < -0.39 is 11.6 Å². The van der Waals surface area contributed by atoms with Gasteiger partial charge in [0.15, 0.2) is 5.16 Å². The minimum Gasteiger partial charge on any atom is -0.333 e. The lowest BCUT2D eigenvalue weighted by Gasteiger charge is -2.20. The van der Waals surface area contributed by atoms with E-state index in [1.165, 1.54) is 17.3 Å². The smallest absolute Gasteiger partial charge is 0.321 e. The number of amides is 3. The van der Waals surface area contributed by atoms with Gasteiger partial charge in [-0.15, -0.1) is 0 Å². The summed E-state index contributed by atoms with van der Waals surface area (Å²) in [6.07, 6.45) is 3.56. The van der Waals surface area contributed by atoms with Crippen LogP contribution in [-0.4, -0.2) is 32.8 Å². The van der Waals surface area contributed by atoms with Gasteiger partial charge in [0.05, 0.1) is 5.75 Å². The van der Waals surface area contributed by atoms with Gasteiger partial charge in [0, 0.05) is 23.6 Å². The molecule has 0 atom stereocenters. The number of nitrogens with one attached hydrogen (secondary N) is 2. The van der Waals surface area contributed by atoms with Gasteiger partial charge in [0.2, 0.25) is 5.91 Å². The monoisotopic (exact) mass is 374 g/mol. The number of aromatic nitrogens is 2. The number of carbonyl (C=O) groups is 2. The Morgan fingerprint density at radius 3 is 2.42 bits per heavy atom. The molecule has 0 saturated heterocycles. The second kappa shape index (κ2) is 8.40. The Balaban J connectivity index is 1.96. The predicted octanol–water partition coefficient (Wildman–Crippen LogP) is 3.71. The second-order valence-electron chi connectivity index (χ2n) is 7.37. The van der Waals surface area contributed by atoms with Gasteiger partial charge < -0.3 is 5.32 Å². The Kier molecular flexibility index (Phi) is 6.47. The predicted molar refractivity (Wildman–Crippen MR) is 105 cm³/mol. The Morgan fingerprint density at radius 2 is 1.85 bits per heavy atom. The number of carbonyl (C=O) groups excluding carboxylic acids is 2. The van der Waals surface area contributed by atoms with Crippen molar-refractivity contribution >= 4 is 23.7 Å². The van der Waals surface area contributed by atoms with Crippen LogP contribution in [0.15, 0.2) is 41.8 Å². The molecule has 1 heterocycles. The Bertz CT molecular complexity index is 761. The Labute approximate surface area is 158 Å². The number of hydrogen-bond donors (Lipinski definition) is 2. The molecule has 26 heavy (non-hydrogen) atoms. The minimum absolute atomic E-state index is 0.110. The lowest BCUT2D eigenvalue weighted by atomic mass is 10.0. The summed E-state index contributed by atoms with van der Waals surface area (Å²) in [5.74, 6) is 0.226. The van der Waals surface area contributed by atoms with Crippen LogP contribution in [0.4, 0.5) is 4.79 Å². The fraction of sp³-hybridized carbons (Fsp3) is 0.421. The molecule has 0 saturated carbocycles. The number of rotatable bonds is 5. The Hall–Kier alpha value is -2.28. The standard InChI is InChI=1S/C19H26N4O2S/c1-13(2)14-6-8-15(9-7-14)23-11-10-20-18(23)26-12-16(24)21-17(25)22-19(3,4)5/h6-11,13H,12H2,1-5H3,(H2,21,22,24,25). The summed E-state index contributed by atoms with van der Waals surface area (Å²) in [4.78, 5) is 28.0. The second-order valence-corrected chi connectivity index (χ2v) is 8.31. The summed E-state index contributed by atoms with van der Waals surface area (Å²) < 4.78 is 1.93. The van der Waals surface area contributed by atoms with E-state index in [-0.39, 0.29) is 11.7 Å². The van der Waals surface area contributed by atoms with E-state index >= 15 is 0 Å². The van der Waals surface area contributed by atoms with Crippen molar-refractivity contribution in [1.29, 1.82) is 0 Å². The van der Waals surface area contributed by atoms with Crippen LogP contribution < -0.4 is 10.6 Å². The SMILES string of the molecule is CC(C)c1ccc(-n2ccnc2SCC(=O)NC(=O)NC(C)(C)C)cc1. The average Bonchev–Trinajstić information content (AvgIpc) is 2.99. The van der Waals surface area contributed by atoms with Gasteiger partial charge in [0.25, 0.3) is 0 Å². The van der Waals surface area contributed by atoms with Crippen LogP contribution in [0.1, 0.15) is 46.1 Å². The quantitative estimate of drug-likeness (QED) is 0.782. The van der Waals surface area contributed by atoms with E-state index in [4.69, 9.17) is 0 Å². The van der Waals surface area contributed by atoms with Gasteiger partial charge in [-0.25, -0.2) is 9.78 Å². The zero-order chi connectivity index (χ0) is 19.3. The van der Waals surface area contributed by atoms with Crippen LogP contribution in [0, 0.1) is 0 Å². The first-order valence-electron chi connectivity index (χ1n) is 8.54. The summed E-state index contributed by atoms with van der Waals surface area (Å²) in [7, 11) is 0. The van der Waals surface area contributed by atoms with Crippen LogP contribution in [0.2, 0.25) is 0 Å². The zero-order valence-electron chi connectivity index (χ0n) is 15.9. The summed E-state index contributed by atoms with van der Waals surface area (Å²) in [6, 6.07) is 7.78. The fourth-order valence-corrected chi connectivity index (χ4v) is 3.05. The van der Waals surface area contributed by atoms with Gasteiger partial charge in [-0.3, -0.25) is 14.7 Å². The van der Waals surface area contributed by atoms with Crippen LogP contribution >= 0.6 is 11.8 Å². The normalized spacial score (nSPS) is 11.5. The summed E-state index contributed by atoms with van der Waals surface area (Å²) in [5.41, 5.74) is 1.86. The first-order chi connectivity index (χ1) is 12.2. The number of imidazole rings is 1. The van der Waals surface area contributed by atoms with E-state index in [1.54, 1.807) is 6.20 Å². The molecule has 0 aliphatic carbocycles. The molecular weight excluding hydrogens is 348 g/mol. The maximum Gasteiger partial charge on any atom is 0.321 e. The Morgan fingerprint density at radius 1 is 1.19 bits per heavy atom. The third-order valence-electron chi connectivity index (χ3n) is 3.52. The third kappa shape index (κ3) is 5.91. The molecule has 2 rings (SSSR count). The van der Waals surface area contributed by atoms with Crippen LogP contribution in [0.3, 0.4) is 0 Å². The highest BCUT2D eigenvalue weighted by atomic mass is 32.2. The maximum absolute atomic E-state index is 12.0.